The van der Waals surface area contributed by atoms with Crippen LogP contribution < -0.4 is 4.74 Å². The molecule has 0 N–H and O–H groups in total. The van der Waals surface area contributed by atoms with Crippen LogP contribution in [-0.4, -0.2) is 18.9 Å². The van der Waals surface area contributed by atoms with Gasteiger partial charge in [0.2, 0.25) is 0 Å². The number of benzene rings is 6. The molecule has 10 aromatic rings. The molecule has 0 bridgehead atoms. The van der Waals surface area contributed by atoms with E-state index in [0.717, 1.165) is 66.9 Å². The average molecular weight is 659 g/mol. The number of pyridine rings is 2. The Balaban J connectivity index is 1.20. The molecular formula is C46H34N4O. The van der Waals surface area contributed by atoms with Gasteiger partial charge in [-0.3, -0.25) is 9.38 Å². The first-order valence-corrected chi connectivity index (χ1v) is 17.4. The van der Waals surface area contributed by atoms with E-state index in [-0.39, 0.29) is 5.41 Å². The summed E-state index contributed by atoms with van der Waals surface area (Å²) in [5.74, 6) is 1.52. The van der Waals surface area contributed by atoms with E-state index in [1.807, 2.05) is 18.3 Å². The van der Waals surface area contributed by atoms with Crippen LogP contribution in [0.3, 0.4) is 0 Å². The van der Waals surface area contributed by atoms with E-state index in [1.54, 1.807) is 0 Å². The lowest BCUT2D eigenvalue weighted by molar-refractivity contribution is 0.483. The second-order valence-electron chi connectivity index (χ2n) is 14.3. The van der Waals surface area contributed by atoms with Gasteiger partial charge in [0, 0.05) is 39.0 Å². The Labute approximate surface area is 295 Å². The lowest BCUT2D eigenvalue weighted by Crippen LogP contribution is -2.11. The molecule has 4 aromatic heterocycles. The van der Waals surface area contributed by atoms with Gasteiger partial charge in [-0.05, 0) is 95.2 Å². The van der Waals surface area contributed by atoms with E-state index in [4.69, 9.17) is 9.72 Å². The number of fused-ring (bicyclic) bond motifs is 12. The molecule has 10 rings (SSSR count). The third-order valence-electron chi connectivity index (χ3n) is 10.1. The fraction of sp³-hybridized carbons (Fsp3) is 0.0870. The molecule has 5 heteroatoms. The van der Waals surface area contributed by atoms with Gasteiger partial charge < -0.3 is 9.30 Å². The maximum Gasteiger partial charge on any atom is 0.146 e. The quantitative estimate of drug-likeness (QED) is 0.177. The van der Waals surface area contributed by atoms with Crippen molar-refractivity contribution in [3.63, 3.8) is 0 Å². The second-order valence-corrected chi connectivity index (χ2v) is 14.3. The highest BCUT2D eigenvalue weighted by Gasteiger charge is 2.21. The van der Waals surface area contributed by atoms with Gasteiger partial charge >= 0.3 is 0 Å². The minimum Gasteiger partial charge on any atom is -0.457 e. The number of hydrogen-bond acceptors (Lipinski definition) is 3. The van der Waals surface area contributed by atoms with E-state index in [1.165, 1.54) is 27.2 Å². The Hall–Kier alpha value is -6.46. The molecule has 0 amide bonds. The predicted molar refractivity (Wildman–Crippen MR) is 210 cm³/mol. The van der Waals surface area contributed by atoms with Crippen LogP contribution in [0.4, 0.5) is 0 Å². The Morgan fingerprint density at radius 2 is 1.33 bits per heavy atom. The van der Waals surface area contributed by atoms with Crippen LogP contribution in [0.15, 0.2) is 152 Å². The highest BCUT2D eigenvalue weighted by molar-refractivity contribution is 6.26. The largest absolute Gasteiger partial charge is 0.457 e. The van der Waals surface area contributed by atoms with Gasteiger partial charge in [0.1, 0.15) is 17.1 Å². The summed E-state index contributed by atoms with van der Waals surface area (Å²) in [5.41, 5.74) is 10.8. The van der Waals surface area contributed by atoms with Crippen LogP contribution in [0.5, 0.6) is 11.5 Å². The van der Waals surface area contributed by atoms with Crippen molar-refractivity contribution in [2.45, 2.75) is 26.2 Å². The molecule has 0 aliphatic heterocycles. The number of rotatable bonds is 4. The molecule has 0 aliphatic carbocycles. The average Bonchev–Trinajstić information content (AvgIpc) is 3.72. The summed E-state index contributed by atoms with van der Waals surface area (Å²) in [6, 6.07) is 51.2. The Morgan fingerprint density at radius 3 is 2.20 bits per heavy atom. The van der Waals surface area contributed by atoms with E-state index in [0.29, 0.717) is 0 Å². The third-order valence-corrected chi connectivity index (χ3v) is 10.1. The highest BCUT2D eigenvalue weighted by atomic mass is 16.5. The van der Waals surface area contributed by atoms with Gasteiger partial charge in [0.15, 0.2) is 0 Å². The standard InChI is InChI=1S/C46H34N4O/c1-46(2,3)30-24-25-47-39(27-30)29-12-11-15-32(26-29)51-33-20-21-34-35-22-23-42-43(36-16-7-9-18-40(36)49(42)31-13-5-4-6-14-31)44(35)50-41-19-10-8-17-38(41)48-45(50)37(34)28-33/h4-28H,1-3H3. The fourth-order valence-electron chi connectivity index (χ4n) is 7.70. The molecule has 0 unspecified atom stereocenters. The second kappa shape index (κ2) is 11.0. The third kappa shape index (κ3) is 4.62. The van der Waals surface area contributed by atoms with Crippen molar-refractivity contribution in [3.05, 3.63) is 157 Å². The number of ether oxygens (including phenoxy) is 1. The van der Waals surface area contributed by atoms with Gasteiger partial charge in [-0.1, -0.05) is 87.5 Å². The molecular weight excluding hydrogens is 625 g/mol. The van der Waals surface area contributed by atoms with E-state index in [9.17, 15) is 0 Å². The topological polar surface area (TPSA) is 44.4 Å². The summed E-state index contributed by atoms with van der Waals surface area (Å²) < 4.78 is 11.3. The van der Waals surface area contributed by atoms with Crippen LogP contribution >= 0.6 is 0 Å². The normalized spacial score (nSPS) is 12.2. The maximum absolute atomic E-state index is 6.59. The lowest BCUT2D eigenvalue weighted by Gasteiger charge is -2.19. The SMILES string of the molecule is CC(C)(C)c1ccnc(-c2cccc(Oc3ccc4c(c3)c3nc5ccccc5n3c3c4ccc4c3c3ccccc3n4-c3ccccc3)c2)c1. The van der Waals surface area contributed by atoms with Crippen LogP contribution in [0.1, 0.15) is 26.3 Å². The first-order chi connectivity index (χ1) is 24.9. The monoisotopic (exact) mass is 658 g/mol. The molecule has 5 nitrogen and oxygen atoms in total. The van der Waals surface area contributed by atoms with Crippen molar-refractivity contribution in [2.75, 3.05) is 0 Å². The van der Waals surface area contributed by atoms with Gasteiger partial charge in [-0.15, -0.1) is 0 Å². The first kappa shape index (κ1) is 29.5. The van der Waals surface area contributed by atoms with E-state index >= 15 is 0 Å². The molecule has 51 heavy (non-hydrogen) atoms. The number of nitrogens with zero attached hydrogens (tertiary/aromatic N) is 4. The zero-order valence-electron chi connectivity index (χ0n) is 28.6. The number of imidazole rings is 1. The fourth-order valence-corrected chi connectivity index (χ4v) is 7.70. The smallest absolute Gasteiger partial charge is 0.146 e. The van der Waals surface area contributed by atoms with Crippen molar-refractivity contribution in [2.24, 2.45) is 0 Å². The highest BCUT2D eigenvalue weighted by Crippen LogP contribution is 2.42. The van der Waals surface area contributed by atoms with Crippen molar-refractivity contribution in [1.82, 2.24) is 18.9 Å². The van der Waals surface area contributed by atoms with Gasteiger partial charge in [0.25, 0.3) is 0 Å². The summed E-state index contributed by atoms with van der Waals surface area (Å²) in [6.45, 7) is 6.67. The summed E-state index contributed by atoms with van der Waals surface area (Å²) in [4.78, 5) is 9.95. The number of hydrogen-bond donors (Lipinski definition) is 0. The first-order valence-electron chi connectivity index (χ1n) is 17.4. The van der Waals surface area contributed by atoms with Crippen LogP contribution in [0.2, 0.25) is 0 Å². The molecule has 0 saturated carbocycles. The predicted octanol–water partition coefficient (Wildman–Crippen LogP) is 12.0. The Morgan fingerprint density at radius 1 is 0.569 bits per heavy atom. The summed E-state index contributed by atoms with van der Waals surface area (Å²) >= 11 is 0. The molecule has 0 saturated heterocycles. The molecule has 0 spiro atoms. The summed E-state index contributed by atoms with van der Waals surface area (Å²) in [6.07, 6.45) is 1.89. The summed E-state index contributed by atoms with van der Waals surface area (Å²) in [7, 11) is 0. The summed E-state index contributed by atoms with van der Waals surface area (Å²) in [5, 5.41) is 5.77. The minimum absolute atomic E-state index is 0.0365. The van der Waals surface area contributed by atoms with Crippen LogP contribution in [0, 0.1) is 0 Å². The van der Waals surface area contributed by atoms with Crippen LogP contribution in [0.25, 0.3) is 77.1 Å². The molecule has 6 aromatic carbocycles. The Bertz CT molecular complexity index is 2980. The minimum atomic E-state index is 0.0365. The van der Waals surface area contributed by atoms with Crippen molar-refractivity contribution < 1.29 is 4.74 Å². The zero-order valence-corrected chi connectivity index (χ0v) is 28.6. The van der Waals surface area contributed by atoms with E-state index < -0.39 is 0 Å². The molecule has 0 radical (unpaired) electrons. The van der Waals surface area contributed by atoms with Gasteiger partial charge in [-0.25, -0.2) is 4.98 Å². The molecule has 0 aliphatic rings. The molecule has 0 fully saturated rings. The van der Waals surface area contributed by atoms with Crippen LogP contribution in [-0.2, 0) is 5.41 Å². The van der Waals surface area contributed by atoms with Crippen molar-refractivity contribution in [1.29, 1.82) is 0 Å². The Kier molecular flexibility index (Phi) is 6.37. The van der Waals surface area contributed by atoms with Gasteiger partial charge in [-0.2, -0.15) is 0 Å². The van der Waals surface area contributed by atoms with Gasteiger partial charge in [0.05, 0.1) is 33.3 Å². The molecule has 4 heterocycles. The molecule has 0 atom stereocenters. The number of para-hydroxylation sites is 4. The number of aromatic nitrogens is 4. The van der Waals surface area contributed by atoms with Crippen molar-refractivity contribution in [3.8, 4) is 28.4 Å². The van der Waals surface area contributed by atoms with E-state index in [2.05, 4.69) is 168 Å². The maximum atomic E-state index is 6.59. The van der Waals surface area contributed by atoms with Crippen molar-refractivity contribution >= 4 is 60.2 Å². The molecule has 244 valence electrons. The zero-order chi connectivity index (χ0) is 34.3. The lowest BCUT2D eigenvalue weighted by atomic mass is 9.87.